The smallest absolute Gasteiger partial charge is 0.135 e. The highest BCUT2D eigenvalue weighted by Gasteiger charge is 2.15. The monoisotopic (exact) mass is 339 g/mol. The van der Waals surface area contributed by atoms with Crippen LogP contribution >= 0.6 is 0 Å². The van der Waals surface area contributed by atoms with Crippen molar-refractivity contribution >= 4 is 23.0 Å². The second-order valence-corrected chi connectivity index (χ2v) is 6.67. The molecule has 1 aromatic carbocycles. The zero-order chi connectivity index (χ0) is 16.9. The third kappa shape index (κ3) is 4.20. The Morgan fingerprint density at radius 3 is 2.60 bits per heavy atom. The molecule has 0 radical (unpaired) electrons. The molecule has 4 rings (SSSR count). The lowest BCUT2D eigenvalue weighted by Gasteiger charge is -2.18. The highest BCUT2D eigenvalue weighted by Crippen LogP contribution is 2.24. The maximum absolute atomic E-state index is 5.63. The topological polar surface area (TPSA) is 62.3 Å². The Morgan fingerprint density at radius 1 is 1.04 bits per heavy atom. The molecule has 6 nitrogen and oxygen atoms in total. The molecular weight excluding hydrogens is 314 g/mol. The summed E-state index contributed by atoms with van der Waals surface area (Å²) in [5, 5.41) is 6.69. The van der Waals surface area contributed by atoms with E-state index in [1.54, 1.807) is 6.33 Å². The summed E-state index contributed by atoms with van der Waals surface area (Å²) < 4.78 is 5.63. The van der Waals surface area contributed by atoms with Crippen LogP contribution in [0.15, 0.2) is 36.7 Å². The van der Waals surface area contributed by atoms with Gasteiger partial charge in [-0.05, 0) is 49.9 Å². The van der Waals surface area contributed by atoms with Gasteiger partial charge >= 0.3 is 0 Å². The second-order valence-electron chi connectivity index (χ2n) is 6.67. The number of ether oxygens (including phenoxy) is 1. The van der Waals surface area contributed by atoms with E-state index in [0.717, 1.165) is 43.3 Å². The molecule has 0 bridgehead atoms. The number of aromatic nitrogens is 2. The first-order valence-electron chi connectivity index (χ1n) is 9.16. The van der Waals surface area contributed by atoms with Crippen LogP contribution in [0.1, 0.15) is 25.7 Å². The fraction of sp³-hybridized carbons (Fsp3) is 0.474. The molecule has 1 atom stereocenters. The minimum atomic E-state index is 0.296. The summed E-state index contributed by atoms with van der Waals surface area (Å²) in [6, 6.07) is 10.5. The van der Waals surface area contributed by atoms with E-state index in [-0.39, 0.29) is 0 Å². The molecule has 132 valence electrons. The molecular formula is C19H25N5O. The van der Waals surface area contributed by atoms with Gasteiger partial charge in [0.15, 0.2) is 0 Å². The van der Waals surface area contributed by atoms with Crippen LogP contribution < -0.4 is 15.5 Å². The summed E-state index contributed by atoms with van der Waals surface area (Å²) in [6.45, 7) is 3.99. The van der Waals surface area contributed by atoms with Gasteiger partial charge in [0.2, 0.25) is 0 Å². The Balaban J connectivity index is 1.35. The lowest BCUT2D eigenvalue weighted by Crippen LogP contribution is -2.19. The van der Waals surface area contributed by atoms with Crippen molar-refractivity contribution in [1.29, 1.82) is 0 Å². The van der Waals surface area contributed by atoms with Gasteiger partial charge in [0.05, 0.1) is 6.10 Å². The highest BCUT2D eigenvalue weighted by molar-refractivity contribution is 5.62. The Hall–Kier alpha value is -2.34. The predicted molar refractivity (Wildman–Crippen MR) is 101 cm³/mol. The Labute approximate surface area is 148 Å². The molecule has 6 heteroatoms. The minimum absolute atomic E-state index is 0.296. The number of benzene rings is 1. The van der Waals surface area contributed by atoms with Crippen molar-refractivity contribution in [2.75, 3.05) is 41.8 Å². The molecule has 3 heterocycles. The van der Waals surface area contributed by atoms with Crippen LogP contribution in [0.5, 0.6) is 0 Å². The number of nitrogens with zero attached hydrogens (tertiary/aromatic N) is 3. The van der Waals surface area contributed by atoms with Crippen molar-refractivity contribution in [3.05, 3.63) is 36.7 Å². The van der Waals surface area contributed by atoms with E-state index in [0.29, 0.717) is 6.10 Å². The third-order valence-electron chi connectivity index (χ3n) is 4.81. The van der Waals surface area contributed by atoms with Gasteiger partial charge in [-0.2, -0.15) is 0 Å². The standard InChI is InChI=1S/C19H25N5O/c1-2-10-24(9-1)16-7-5-15(6-8-16)23-19-12-18(21-14-22-19)20-13-17-4-3-11-25-17/h5-8,12,14,17H,1-4,9-11,13H2,(H2,20,21,22,23). The van der Waals surface area contributed by atoms with Gasteiger partial charge in [-0.15, -0.1) is 0 Å². The number of rotatable bonds is 6. The molecule has 2 aliphatic heterocycles. The van der Waals surface area contributed by atoms with Crippen molar-refractivity contribution in [2.24, 2.45) is 0 Å². The van der Waals surface area contributed by atoms with E-state index < -0.39 is 0 Å². The van der Waals surface area contributed by atoms with E-state index in [4.69, 9.17) is 4.74 Å². The maximum atomic E-state index is 5.63. The zero-order valence-electron chi connectivity index (χ0n) is 14.4. The fourth-order valence-corrected chi connectivity index (χ4v) is 3.42. The molecule has 2 aromatic rings. The van der Waals surface area contributed by atoms with Gasteiger partial charge in [0, 0.05) is 43.7 Å². The van der Waals surface area contributed by atoms with Crippen molar-refractivity contribution in [2.45, 2.75) is 31.8 Å². The molecule has 0 aliphatic carbocycles. The summed E-state index contributed by atoms with van der Waals surface area (Å²) in [7, 11) is 0. The van der Waals surface area contributed by atoms with Crippen molar-refractivity contribution < 1.29 is 4.74 Å². The van der Waals surface area contributed by atoms with Crippen LogP contribution in [0.3, 0.4) is 0 Å². The molecule has 2 saturated heterocycles. The van der Waals surface area contributed by atoms with Crippen LogP contribution in [0.4, 0.5) is 23.0 Å². The summed E-state index contributed by atoms with van der Waals surface area (Å²) in [6.07, 6.45) is 6.73. The predicted octanol–water partition coefficient (Wildman–Crippen LogP) is 3.41. The first-order valence-corrected chi connectivity index (χ1v) is 9.16. The number of nitrogens with one attached hydrogen (secondary N) is 2. The Bertz CT molecular complexity index is 678. The van der Waals surface area contributed by atoms with Gasteiger partial charge in [-0.1, -0.05) is 0 Å². The normalized spacial score (nSPS) is 20.0. The van der Waals surface area contributed by atoms with Crippen LogP contribution in [0, 0.1) is 0 Å². The van der Waals surface area contributed by atoms with Gasteiger partial charge < -0.3 is 20.3 Å². The average molecular weight is 339 g/mol. The first-order chi connectivity index (χ1) is 12.4. The molecule has 0 saturated carbocycles. The lowest BCUT2D eigenvalue weighted by molar-refractivity contribution is 0.120. The Morgan fingerprint density at radius 2 is 1.84 bits per heavy atom. The van der Waals surface area contributed by atoms with E-state index in [1.807, 2.05) is 6.07 Å². The molecule has 1 unspecified atom stereocenters. The minimum Gasteiger partial charge on any atom is -0.376 e. The molecule has 2 N–H and O–H groups in total. The third-order valence-corrected chi connectivity index (χ3v) is 4.81. The van der Waals surface area contributed by atoms with E-state index >= 15 is 0 Å². The highest BCUT2D eigenvalue weighted by atomic mass is 16.5. The van der Waals surface area contributed by atoms with Crippen molar-refractivity contribution in [3.8, 4) is 0 Å². The quantitative estimate of drug-likeness (QED) is 0.841. The zero-order valence-corrected chi connectivity index (χ0v) is 14.4. The average Bonchev–Trinajstić information content (AvgIpc) is 3.35. The van der Waals surface area contributed by atoms with Crippen LogP contribution in [0.25, 0.3) is 0 Å². The Kier molecular flexibility index (Phi) is 4.97. The fourth-order valence-electron chi connectivity index (χ4n) is 3.42. The largest absolute Gasteiger partial charge is 0.376 e. The van der Waals surface area contributed by atoms with Gasteiger partial charge in [-0.25, -0.2) is 9.97 Å². The van der Waals surface area contributed by atoms with E-state index in [2.05, 4.69) is 49.8 Å². The molecule has 25 heavy (non-hydrogen) atoms. The molecule has 0 spiro atoms. The first kappa shape index (κ1) is 16.1. The molecule has 1 aromatic heterocycles. The van der Waals surface area contributed by atoms with Crippen LogP contribution in [-0.2, 0) is 4.74 Å². The van der Waals surface area contributed by atoms with Crippen molar-refractivity contribution in [3.63, 3.8) is 0 Å². The van der Waals surface area contributed by atoms with Crippen molar-refractivity contribution in [1.82, 2.24) is 9.97 Å². The molecule has 2 aliphatic rings. The number of hydrogen-bond donors (Lipinski definition) is 2. The van der Waals surface area contributed by atoms with Gasteiger partial charge in [0.1, 0.15) is 18.0 Å². The van der Waals surface area contributed by atoms with Crippen LogP contribution in [0.2, 0.25) is 0 Å². The van der Waals surface area contributed by atoms with Gasteiger partial charge in [-0.3, -0.25) is 0 Å². The maximum Gasteiger partial charge on any atom is 0.135 e. The number of anilines is 4. The SMILES string of the molecule is c1nc(NCC2CCCO2)cc(Nc2ccc(N3CCCC3)cc2)n1. The second kappa shape index (κ2) is 7.70. The number of hydrogen-bond acceptors (Lipinski definition) is 6. The molecule has 0 amide bonds. The lowest BCUT2D eigenvalue weighted by atomic mass is 10.2. The summed E-state index contributed by atoms with van der Waals surface area (Å²) in [5.41, 5.74) is 2.33. The van der Waals surface area contributed by atoms with Crippen LogP contribution in [-0.4, -0.2) is 42.3 Å². The summed E-state index contributed by atoms with van der Waals surface area (Å²) in [4.78, 5) is 11.0. The van der Waals surface area contributed by atoms with E-state index in [1.165, 1.54) is 31.6 Å². The van der Waals surface area contributed by atoms with E-state index in [9.17, 15) is 0 Å². The van der Waals surface area contributed by atoms with Gasteiger partial charge in [0.25, 0.3) is 0 Å². The summed E-state index contributed by atoms with van der Waals surface area (Å²) >= 11 is 0. The molecule has 2 fully saturated rings. The summed E-state index contributed by atoms with van der Waals surface area (Å²) in [5.74, 6) is 1.61.